The molecule has 2 fully saturated rings. The molecule has 1 aliphatic carbocycles. The maximum atomic E-state index is 12.4. The van der Waals surface area contributed by atoms with Crippen molar-refractivity contribution in [3.05, 3.63) is 29.8 Å². The summed E-state index contributed by atoms with van der Waals surface area (Å²) >= 11 is 3.73. The number of carbonyl (C=O) groups is 2. The van der Waals surface area contributed by atoms with E-state index in [9.17, 15) is 9.59 Å². The van der Waals surface area contributed by atoms with Gasteiger partial charge in [0.1, 0.15) is 10.1 Å². The number of halogens is 1. The van der Waals surface area contributed by atoms with E-state index < -0.39 is 16.1 Å². The minimum absolute atomic E-state index is 0.321. The Kier molecular flexibility index (Phi) is 4.12. The van der Waals surface area contributed by atoms with Crippen molar-refractivity contribution in [1.29, 1.82) is 0 Å². The summed E-state index contributed by atoms with van der Waals surface area (Å²) in [5, 5.41) is 0. The first-order valence-electron chi connectivity index (χ1n) is 7.69. The van der Waals surface area contributed by atoms with Crippen LogP contribution in [0.3, 0.4) is 0 Å². The fourth-order valence-electron chi connectivity index (χ4n) is 3.61. The highest BCUT2D eigenvalue weighted by Crippen LogP contribution is 2.59. The Morgan fingerprint density at radius 1 is 1.30 bits per heavy atom. The van der Waals surface area contributed by atoms with Crippen molar-refractivity contribution in [1.82, 2.24) is 0 Å². The van der Waals surface area contributed by atoms with Crippen LogP contribution in [0.15, 0.2) is 24.3 Å². The molecule has 124 valence electrons. The average molecular weight is 383 g/mol. The summed E-state index contributed by atoms with van der Waals surface area (Å²) in [7, 11) is 1.58. The van der Waals surface area contributed by atoms with Gasteiger partial charge in [0.05, 0.1) is 13.0 Å². The van der Waals surface area contributed by atoms with Gasteiger partial charge in [-0.25, -0.2) is 0 Å². The van der Waals surface area contributed by atoms with Gasteiger partial charge in [-0.05, 0) is 37.1 Å². The maximum Gasteiger partial charge on any atom is 0.314 e. The average Bonchev–Trinajstić information content (AvgIpc) is 2.75. The van der Waals surface area contributed by atoms with Gasteiger partial charge in [0.15, 0.2) is 0 Å². The Balaban J connectivity index is 2.12. The van der Waals surface area contributed by atoms with E-state index in [0.29, 0.717) is 17.7 Å². The van der Waals surface area contributed by atoms with Crippen molar-refractivity contribution in [3.8, 4) is 5.75 Å². The molecule has 23 heavy (non-hydrogen) atoms. The van der Waals surface area contributed by atoms with Crippen LogP contribution in [-0.4, -0.2) is 23.4 Å². The van der Waals surface area contributed by atoms with Crippen molar-refractivity contribution in [2.75, 3.05) is 7.11 Å². The lowest BCUT2D eigenvalue weighted by Crippen LogP contribution is -2.51. The van der Waals surface area contributed by atoms with Gasteiger partial charge in [0, 0.05) is 12.5 Å². The third-order valence-electron chi connectivity index (χ3n) is 4.67. The van der Waals surface area contributed by atoms with Gasteiger partial charge in [-0.2, -0.15) is 0 Å². The summed E-state index contributed by atoms with van der Waals surface area (Å²) in [4.78, 5) is 24.2. The maximum absolute atomic E-state index is 12.4. The predicted molar refractivity (Wildman–Crippen MR) is 86.1 cm³/mol. The Hall–Kier alpha value is -1.56. The number of alkyl halides is 1. The zero-order valence-corrected chi connectivity index (χ0v) is 14.7. The van der Waals surface area contributed by atoms with Crippen LogP contribution in [0, 0.1) is 5.92 Å². The SMILES string of the molecule is COc1ccc(C2(OC(C)=O)OC(=O)C3CCCCC32Br)cc1. The van der Waals surface area contributed by atoms with Crippen LogP contribution < -0.4 is 4.74 Å². The van der Waals surface area contributed by atoms with E-state index in [1.165, 1.54) is 6.92 Å². The van der Waals surface area contributed by atoms with Crippen LogP contribution in [0.4, 0.5) is 0 Å². The molecule has 0 spiro atoms. The lowest BCUT2D eigenvalue weighted by Gasteiger charge is -2.42. The molecule has 0 radical (unpaired) electrons. The highest BCUT2D eigenvalue weighted by molar-refractivity contribution is 9.10. The molecule has 1 aliphatic heterocycles. The van der Waals surface area contributed by atoms with E-state index in [0.717, 1.165) is 19.3 Å². The van der Waals surface area contributed by atoms with Crippen LogP contribution in [-0.2, 0) is 24.8 Å². The van der Waals surface area contributed by atoms with E-state index in [-0.39, 0.29) is 11.9 Å². The van der Waals surface area contributed by atoms with Gasteiger partial charge in [-0.15, -0.1) is 0 Å². The minimum atomic E-state index is -1.44. The zero-order chi connectivity index (χ0) is 16.7. The number of cyclic esters (lactones) is 1. The monoisotopic (exact) mass is 382 g/mol. The van der Waals surface area contributed by atoms with Crippen molar-refractivity contribution in [2.45, 2.75) is 42.7 Å². The number of methoxy groups -OCH3 is 1. The second-order valence-electron chi connectivity index (χ2n) is 6.02. The molecular weight excluding hydrogens is 364 g/mol. The Morgan fingerprint density at radius 3 is 2.61 bits per heavy atom. The molecule has 3 rings (SSSR count). The lowest BCUT2D eigenvalue weighted by molar-refractivity contribution is -0.225. The summed E-state index contributed by atoms with van der Waals surface area (Å²) in [6, 6.07) is 7.08. The fraction of sp³-hybridized carbons (Fsp3) is 0.529. The third-order valence-corrected chi connectivity index (χ3v) is 6.14. The minimum Gasteiger partial charge on any atom is -0.497 e. The number of rotatable bonds is 3. The number of hydrogen-bond acceptors (Lipinski definition) is 5. The highest BCUT2D eigenvalue weighted by Gasteiger charge is 2.69. The molecule has 2 aliphatic rings. The van der Waals surface area contributed by atoms with Gasteiger partial charge in [-0.1, -0.05) is 28.8 Å². The molecule has 5 nitrogen and oxygen atoms in total. The van der Waals surface area contributed by atoms with E-state index in [1.54, 1.807) is 31.4 Å². The molecule has 0 amide bonds. The quantitative estimate of drug-likeness (QED) is 0.592. The molecule has 1 saturated heterocycles. The van der Waals surface area contributed by atoms with E-state index in [2.05, 4.69) is 15.9 Å². The first kappa shape index (κ1) is 16.3. The molecule has 0 aromatic heterocycles. The Morgan fingerprint density at radius 2 is 2.00 bits per heavy atom. The number of fused-ring (bicyclic) bond motifs is 1. The summed E-state index contributed by atoms with van der Waals surface area (Å²) in [6.45, 7) is 1.33. The van der Waals surface area contributed by atoms with Crippen LogP contribution in [0.1, 0.15) is 38.2 Å². The number of ether oxygens (including phenoxy) is 3. The molecule has 6 heteroatoms. The number of esters is 2. The van der Waals surface area contributed by atoms with Gasteiger partial charge >= 0.3 is 11.9 Å². The number of benzene rings is 1. The van der Waals surface area contributed by atoms with E-state index in [1.807, 2.05) is 0 Å². The van der Waals surface area contributed by atoms with Crippen LogP contribution in [0.2, 0.25) is 0 Å². The lowest BCUT2D eigenvalue weighted by atomic mass is 9.74. The number of hydrogen-bond donors (Lipinski definition) is 0. The van der Waals surface area contributed by atoms with Gasteiger partial charge in [0.2, 0.25) is 0 Å². The largest absolute Gasteiger partial charge is 0.497 e. The van der Waals surface area contributed by atoms with Gasteiger partial charge in [-0.3, -0.25) is 9.59 Å². The second-order valence-corrected chi connectivity index (χ2v) is 7.44. The molecule has 1 saturated carbocycles. The van der Waals surface area contributed by atoms with Crippen LogP contribution in [0.25, 0.3) is 0 Å². The number of carbonyl (C=O) groups excluding carboxylic acids is 2. The molecule has 0 N–H and O–H groups in total. The molecule has 0 bridgehead atoms. The smallest absolute Gasteiger partial charge is 0.314 e. The molecule has 1 aromatic carbocycles. The van der Waals surface area contributed by atoms with Crippen molar-refractivity contribution >= 4 is 27.9 Å². The predicted octanol–water partition coefficient (Wildman–Crippen LogP) is 3.29. The normalized spacial score (nSPS) is 32.8. The zero-order valence-electron chi connectivity index (χ0n) is 13.1. The summed E-state index contributed by atoms with van der Waals surface area (Å²) in [5.74, 6) is -1.89. The summed E-state index contributed by atoms with van der Waals surface area (Å²) in [5.41, 5.74) is 0.628. The molecular formula is C17H19BrO5. The second kappa shape index (κ2) is 5.82. The topological polar surface area (TPSA) is 61.8 Å². The molecule has 3 atom stereocenters. The van der Waals surface area contributed by atoms with Crippen LogP contribution in [0.5, 0.6) is 5.75 Å². The van der Waals surface area contributed by atoms with E-state index >= 15 is 0 Å². The molecule has 1 aromatic rings. The van der Waals surface area contributed by atoms with Crippen molar-refractivity contribution in [3.63, 3.8) is 0 Å². The standard InChI is InChI=1S/C17H19BrO5/c1-11(19)22-17(12-6-8-13(21-2)9-7-12)16(18)10-4-3-5-14(16)15(20)23-17/h6-9,14H,3-5,10H2,1-2H3. The van der Waals surface area contributed by atoms with Crippen LogP contribution >= 0.6 is 15.9 Å². The molecule has 1 heterocycles. The Bertz CT molecular complexity index is 628. The third kappa shape index (κ3) is 2.43. The van der Waals surface area contributed by atoms with Gasteiger partial charge < -0.3 is 14.2 Å². The Labute approximate surface area is 143 Å². The fourth-order valence-corrected chi connectivity index (χ4v) is 4.69. The van der Waals surface area contributed by atoms with Crippen molar-refractivity contribution < 1.29 is 23.8 Å². The summed E-state index contributed by atoms with van der Waals surface area (Å²) < 4.78 is 15.8. The van der Waals surface area contributed by atoms with Gasteiger partial charge in [0.25, 0.3) is 5.79 Å². The van der Waals surface area contributed by atoms with Crippen molar-refractivity contribution in [2.24, 2.45) is 5.92 Å². The first-order chi connectivity index (χ1) is 10.9. The highest BCUT2D eigenvalue weighted by atomic mass is 79.9. The van der Waals surface area contributed by atoms with E-state index in [4.69, 9.17) is 14.2 Å². The summed E-state index contributed by atoms with van der Waals surface area (Å²) in [6.07, 6.45) is 3.33. The molecule has 3 unspecified atom stereocenters. The first-order valence-corrected chi connectivity index (χ1v) is 8.48.